The third-order valence-corrected chi connectivity index (χ3v) is 0. The third-order valence-electron chi connectivity index (χ3n) is 0. The van der Waals surface area contributed by atoms with E-state index in [1.807, 2.05) is 0 Å². The Morgan fingerprint density at radius 2 is 0.367 bits per heavy atom. The van der Waals surface area contributed by atoms with Crippen LogP contribution in [0, 0.1) is 22.3 Å². The summed E-state index contributed by atoms with van der Waals surface area (Å²) in [4.78, 5) is 0. The number of halogens is 3. The predicted octanol–water partition coefficient (Wildman–Crippen LogP) is 7.06. The maximum Gasteiger partial charge on any atom is 4.00 e. The largest absolute Gasteiger partial charge is 4.00 e. The van der Waals surface area contributed by atoms with E-state index in [1.165, 1.54) is 0 Å². The zero-order valence-electron chi connectivity index (χ0n) is 16.0. The van der Waals surface area contributed by atoms with Gasteiger partial charge in [0.2, 0.25) is 0 Å². The van der Waals surface area contributed by atoms with E-state index in [2.05, 4.69) is 9.42 Å². The van der Waals surface area contributed by atoms with Crippen molar-refractivity contribution < 1.29 is 152 Å². The molecule has 0 aliphatic heterocycles. The molecule has 0 bridgehead atoms. The Kier molecular flexibility index (Phi) is 29700. The van der Waals surface area contributed by atoms with E-state index in [0.717, 1.165) is 0 Å². The van der Waals surface area contributed by atoms with Gasteiger partial charge in [0, 0.05) is 0 Å². The van der Waals surface area contributed by atoms with E-state index in [1.54, 1.807) is 18.8 Å². The van der Waals surface area contributed by atoms with Gasteiger partial charge in [-0.05, 0) is 0 Å². The summed E-state index contributed by atoms with van der Waals surface area (Å²) in [5.74, 6) is 0. The SMILES string of the molecule is O.O.O.O.O.O.[CH3-].[CH3-].[CH3-].[Cl][Pt+2][Cl].[Cl][Pt].[NH2-].[NH2-].[NH2-].[NH2-].[NH2-].[NH2-].[NH2-].[NH2-].[NH2-].[NH2-].[NH2-].[NH2-].[Pt+2].[Pt+2].[Pt+2].[Pt+4]. The van der Waals surface area contributed by atoms with Gasteiger partial charge in [-0.25, -0.2) is 0 Å². The molecule has 30 heavy (non-hydrogen) atoms. The summed E-state index contributed by atoms with van der Waals surface area (Å²) in [7, 11) is 14.4. The van der Waals surface area contributed by atoms with Gasteiger partial charge in [-0.2, -0.15) is 0 Å². The maximum atomic E-state index is 4.88. The van der Waals surface area contributed by atoms with Crippen LogP contribution in [0.4, 0.5) is 0 Å². The van der Waals surface area contributed by atoms with Gasteiger partial charge in [-0.1, -0.05) is 0 Å². The van der Waals surface area contributed by atoms with E-state index < -0.39 is 16.5 Å². The van der Waals surface area contributed by atoms with Crippen LogP contribution in [0.1, 0.15) is 0 Å². The summed E-state index contributed by atoms with van der Waals surface area (Å²) in [6, 6.07) is 0. The van der Waals surface area contributed by atoms with Gasteiger partial charge in [0.25, 0.3) is 0 Å². The smallest absolute Gasteiger partial charge is 0.693 e. The third kappa shape index (κ3) is 1720. The number of rotatable bonds is 0. The van der Waals surface area contributed by atoms with Crippen LogP contribution < -0.4 is 0 Å². The van der Waals surface area contributed by atoms with Gasteiger partial charge in [-0.15, -0.1) is 0 Å². The minimum Gasteiger partial charge on any atom is -0.693 e. The van der Waals surface area contributed by atoms with Gasteiger partial charge in [0.15, 0.2) is 0 Å². The number of hydrogen-bond donors (Lipinski definition) is 0. The van der Waals surface area contributed by atoms with E-state index >= 15 is 0 Å². The van der Waals surface area contributed by atoms with Crippen LogP contribution in [0.25, 0.3) is 73.8 Å². The van der Waals surface area contributed by atoms with Crippen LogP contribution in [0.5, 0.6) is 0 Å². The topological polar surface area (TPSA) is 591 Å². The minimum absolute atomic E-state index is 0. The molecule has 0 aromatic carbocycles. The first-order valence-electron chi connectivity index (χ1n) is 0.359. The molecule has 0 radical (unpaired) electrons. The molecule has 0 heterocycles. The molecule has 36 N–H and O–H groups in total. The summed E-state index contributed by atoms with van der Waals surface area (Å²) in [5.41, 5.74) is 0. The zero-order chi connectivity index (χ0) is 4.71. The molecule has 0 saturated heterocycles. The second-order valence-corrected chi connectivity index (χ2v) is 3.33. The fourth-order valence-electron chi connectivity index (χ4n) is 0. The molecule has 0 rings (SSSR count). The van der Waals surface area contributed by atoms with Crippen LogP contribution in [0.2, 0.25) is 0 Å². The molecule has 0 fully saturated rings. The molecular formula is C3H45Cl3N12O6Pt6-3. The van der Waals surface area contributed by atoms with Gasteiger partial charge < -0.3 is 129 Å². The normalized spacial score (nSPS) is 0.967. The maximum absolute atomic E-state index is 4.88. The van der Waals surface area contributed by atoms with Crippen molar-refractivity contribution in [3.05, 3.63) is 96.1 Å². The molecule has 0 saturated carbocycles. The molecule has 0 aliphatic rings. The first-order chi connectivity index (χ1) is 2.41. The molecular weight excluding hydrogens is 1580 g/mol. The second kappa shape index (κ2) is 1240. The van der Waals surface area contributed by atoms with Crippen molar-refractivity contribution in [3.8, 4) is 0 Å². The molecule has 27 heteroatoms. The van der Waals surface area contributed by atoms with E-state index in [4.69, 9.17) is 18.8 Å². The number of nitrogens with two attached hydrogens (primary N) is 12. The molecule has 0 aliphatic carbocycles. The van der Waals surface area contributed by atoms with Crippen LogP contribution in [0.15, 0.2) is 0 Å². The van der Waals surface area contributed by atoms with Crippen LogP contribution in [-0.2, 0) is 120 Å². The first kappa shape index (κ1) is 716. The summed E-state index contributed by atoms with van der Waals surface area (Å²) < 4.78 is 0. The Balaban J connectivity index is -0.000000000132. The van der Waals surface area contributed by atoms with Gasteiger partial charge in [-0.3, -0.25) is 0 Å². The van der Waals surface area contributed by atoms with Crippen molar-refractivity contribution in [1.82, 2.24) is 0 Å². The quantitative estimate of drug-likeness (QED) is 0.220. The van der Waals surface area contributed by atoms with E-state index in [0.29, 0.717) is 0 Å². The monoisotopic (exact) mass is 1620 g/mol. The van der Waals surface area contributed by atoms with Crippen molar-refractivity contribution in [2.45, 2.75) is 0 Å². The molecule has 0 aromatic rings. The fraction of sp³-hybridized carbons (Fsp3) is 0. The van der Waals surface area contributed by atoms with Gasteiger partial charge in [0.1, 0.15) is 0 Å². The van der Waals surface area contributed by atoms with Crippen molar-refractivity contribution in [2.24, 2.45) is 0 Å². The Morgan fingerprint density at radius 1 is 0.367 bits per heavy atom. The first-order valence-corrected chi connectivity index (χ1v) is 8.81. The zero-order valence-corrected chi connectivity index (χ0v) is 31.9. The van der Waals surface area contributed by atoms with Crippen molar-refractivity contribution in [3.63, 3.8) is 0 Å². The van der Waals surface area contributed by atoms with E-state index in [-0.39, 0.29) is 213 Å². The van der Waals surface area contributed by atoms with Crippen LogP contribution in [0.3, 0.4) is 0 Å². The molecule has 18 nitrogen and oxygen atoms in total. The minimum atomic E-state index is -0.472. The van der Waals surface area contributed by atoms with Crippen molar-refractivity contribution in [2.75, 3.05) is 0 Å². The Morgan fingerprint density at radius 3 is 0.367 bits per heavy atom. The Bertz CT molecular complexity index is 63.7. The fourth-order valence-corrected chi connectivity index (χ4v) is 0. The van der Waals surface area contributed by atoms with Gasteiger partial charge in [0.05, 0.1) is 0 Å². The summed E-state index contributed by atoms with van der Waals surface area (Å²) in [5, 5.41) is 0. The van der Waals surface area contributed by atoms with Crippen LogP contribution >= 0.6 is 28.3 Å². The molecule has 0 atom stereocenters. The number of hydrogen-bond acceptors (Lipinski definition) is 0. The average Bonchev–Trinajstić information content (AvgIpc) is 1.46. The van der Waals surface area contributed by atoms with Gasteiger partial charge >= 0.3 is 148 Å². The van der Waals surface area contributed by atoms with E-state index in [9.17, 15) is 0 Å². The summed E-state index contributed by atoms with van der Waals surface area (Å²) in [6.45, 7) is 0. The predicted molar refractivity (Wildman–Crippen MR) is 122 cm³/mol. The molecule has 0 unspecified atom stereocenters. The van der Waals surface area contributed by atoms with Crippen molar-refractivity contribution in [1.29, 1.82) is 0 Å². The molecule has 0 aromatic heterocycles. The standard InChI is InChI=1S/3CH3.3ClH.12H2N.6H2O.6Pt/h3*1H3;3*1H;18*1H2;;;;;;/q3*-1;;;;12*-1;;;;;;;+1;3*+2;2*+4/p-3. The summed E-state index contributed by atoms with van der Waals surface area (Å²) >= 11 is 1.14. The summed E-state index contributed by atoms with van der Waals surface area (Å²) in [6.07, 6.45) is 0. The Labute approximate surface area is 273 Å². The second-order valence-electron chi connectivity index (χ2n) is 0.0452. The Hall–Kier alpha value is 4.28. The molecule has 0 amide bonds. The molecule has 237 valence electrons. The average molecular weight is 1620 g/mol. The van der Waals surface area contributed by atoms with Crippen LogP contribution in [-0.4, -0.2) is 32.9 Å². The van der Waals surface area contributed by atoms with Crippen molar-refractivity contribution >= 4 is 28.3 Å². The molecule has 0 spiro atoms.